The summed E-state index contributed by atoms with van der Waals surface area (Å²) in [5.74, 6) is 1.32. The SMILES string of the molecule is CCN(CC(C)C)c1nnc(CCl)o1. The monoisotopic (exact) mass is 217 g/mol. The van der Waals surface area contributed by atoms with Crippen LogP contribution < -0.4 is 4.90 Å². The van der Waals surface area contributed by atoms with Crippen LogP contribution in [-0.4, -0.2) is 23.3 Å². The van der Waals surface area contributed by atoms with Crippen molar-refractivity contribution in [2.75, 3.05) is 18.0 Å². The minimum Gasteiger partial charge on any atom is -0.407 e. The van der Waals surface area contributed by atoms with E-state index in [-0.39, 0.29) is 5.88 Å². The van der Waals surface area contributed by atoms with Crippen LogP contribution in [0.2, 0.25) is 0 Å². The molecule has 0 aromatic carbocycles. The van der Waals surface area contributed by atoms with Gasteiger partial charge in [-0.05, 0) is 12.8 Å². The predicted octanol–water partition coefficient (Wildman–Crippen LogP) is 2.29. The first-order chi connectivity index (χ1) is 6.67. The summed E-state index contributed by atoms with van der Waals surface area (Å²) in [5.41, 5.74) is 0. The summed E-state index contributed by atoms with van der Waals surface area (Å²) in [6, 6.07) is 0.567. The van der Waals surface area contributed by atoms with Crippen LogP contribution in [0.25, 0.3) is 0 Å². The molecule has 1 heterocycles. The van der Waals surface area contributed by atoms with Crippen molar-refractivity contribution < 1.29 is 4.42 Å². The molecular formula is C9H16ClN3O. The lowest BCUT2D eigenvalue weighted by Crippen LogP contribution is -2.27. The van der Waals surface area contributed by atoms with Gasteiger partial charge < -0.3 is 9.32 Å². The summed E-state index contributed by atoms with van der Waals surface area (Å²) in [6.07, 6.45) is 0. The molecule has 0 N–H and O–H groups in total. The predicted molar refractivity (Wildman–Crippen MR) is 56.6 cm³/mol. The number of aromatic nitrogens is 2. The largest absolute Gasteiger partial charge is 0.407 e. The van der Waals surface area contributed by atoms with Crippen molar-refractivity contribution in [2.45, 2.75) is 26.7 Å². The third-order valence-electron chi connectivity index (χ3n) is 1.81. The third kappa shape index (κ3) is 2.87. The van der Waals surface area contributed by atoms with Crippen LogP contribution in [0.15, 0.2) is 4.42 Å². The van der Waals surface area contributed by atoms with Gasteiger partial charge in [0.1, 0.15) is 5.88 Å². The summed E-state index contributed by atoms with van der Waals surface area (Å²) in [6.45, 7) is 8.15. The van der Waals surface area contributed by atoms with Crippen molar-refractivity contribution in [3.8, 4) is 0 Å². The van der Waals surface area contributed by atoms with Crippen LogP contribution in [0.1, 0.15) is 26.7 Å². The number of hydrogen-bond acceptors (Lipinski definition) is 4. The Balaban J connectivity index is 2.68. The Kier molecular flexibility index (Phi) is 4.20. The van der Waals surface area contributed by atoms with Gasteiger partial charge in [-0.15, -0.1) is 16.7 Å². The zero-order valence-electron chi connectivity index (χ0n) is 8.83. The van der Waals surface area contributed by atoms with E-state index in [0.717, 1.165) is 13.1 Å². The van der Waals surface area contributed by atoms with Crippen molar-refractivity contribution in [3.05, 3.63) is 5.89 Å². The lowest BCUT2D eigenvalue weighted by molar-refractivity contribution is 0.486. The van der Waals surface area contributed by atoms with Gasteiger partial charge in [-0.25, -0.2) is 0 Å². The maximum atomic E-state index is 5.58. The Bertz CT molecular complexity index is 275. The fourth-order valence-corrected chi connectivity index (χ4v) is 1.32. The quantitative estimate of drug-likeness (QED) is 0.710. The van der Waals surface area contributed by atoms with E-state index in [9.17, 15) is 0 Å². The van der Waals surface area contributed by atoms with E-state index in [0.29, 0.717) is 17.8 Å². The molecule has 4 nitrogen and oxygen atoms in total. The molecule has 5 heteroatoms. The molecule has 0 fully saturated rings. The second-order valence-electron chi connectivity index (χ2n) is 3.54. The topological polar surface area (TPSA) is 42.2 Å². The Morgan fingerprint density at radius 2 is 2.14 bits per heavy atom. The lowest BCUT2D eigenvalue weighted by Gasteiger charge is -2.19. The van der Waals surface area contributed by atoms with Crippen LogP contribution in [0, 0.1) is 5.92 Å². The molecule has 14 heavy (non-hydrogen) atoms. The second kappa shape index (κ2) is 5.20. The first kappa shape index (κ1) is 11.3. The van der Waals surface area contributed by atoms with Gasteiger partial charge >= 0.3 is 6.01 Å². The number of hydrogen-bond donors (Lipinski definition) is 0. The Labute approximate surface area is 89.3 Å². The van der Waals surface area contributed by atoms with Gasteiger partial charge in [-0.3, -0.25) is 0 Å². The standard InChI is InChI=1S/C9H16ClN3O/c1-4-13(6-7(2)3)9-12-11-8(5-10)14-9/h7H,4-6H2,1-3H3. The molecule has 1 rings (SSSR count). The van der Waals surface area contributed by atoms with Crippen molar-refractivity contribution in [1.29, 1.82) is 0 Å². The molecule has 1 aromatic rings. The number of alkyl halides is 1. The summed E-state index contributed by atoms with van der Waals surface area (Å²) in [4.78, 5) is 2.05. The fourth-order valence-electron chi connectivity index (χ4n) is 1.21. The van der Waals surface area contributed by atoms with Crippen molar-refractivity contribution in [2.24, 2.45) is 5.92 Å². The minimum atomic E-state index is 0.270. The molecule has 80 valence electrons. The highest BCUT2D eigenvalue weighted by atomic mass is 35.5. The van der Waals surface area contributed by atoms with Crippen LogP contribution >= 0.6 is 11.6 Å². The van der Waals surface area contributed by atoms with Gasteiger partial charge in [0.25, 0.3) is 0 Å². The summed E-state index contributed by atoms with van der Waals surface area (Å²) >= 11 is 5.58. The summed E-state index contributed by atoms with van der Waals surface area (Å²) in [7, 11) is 0. The molecule has 0 atom stereocenters. The van der Waals surface area contributed by atoms with Gasteiger partial charge in [0.05, 0.1) is 0 Å². The molecule has 0 aliphatic rings. The average molecular weight is 218 g/mol. The van der Waals surface area contributed by atoms with Gasteiger partial charge in [-0.1, -0.05) is 18.9 Å². The van der Waals surface area contributed by atoms with E-state index in [2.05, 4.69) is 31.0 Å². The number of halogens is 1. The van der Waals surface area contributed by atoms with Crippen molar-refractivity contribution in [3.63, 3.8) is 0 Å². The molecule has 0 saturated carbocycles. The molecule has 0 unspecified atom stereocenters. The number of rotatable bonds is 5. The van der Waals surface area contributed by atoms with E-state index in [1.807, 2.05) is 4.90 Å². The van der Waals surface area contributed by atoms with Gasteiger partial charge in [0, 0.05) is 13.1 Å². The van der Waals surface area contributed by atoms with Crippen LogP contribution in [0.3, 0.4) is 0 Å². The van der Waals surface area contributed by atoms with Crippen molar-refractivity contribution >= 4 is 17.6 Å². The summed E-state index contributed by atoms with van der Waals surface area (Å²) in [5, 5.41) is 7.76. The van der Waals surface area contributed by atoms with E-state index < -0.39 is 0 Å². The van der Waals surface area contributed by atoms with Crippen LogP contribution in [-0.2, 0) is 5.88 Å². The van der Waals surface area contributed by atoms with E-state index in [1.54, 1.807) is 0 Å². The second-order valence-corrected chi connectivity index (χ2v) is 3.81. The van der Waals surface area contributed by atoms with Crippen LogP contribution in [0.4, 0.5) is 6.01 Å². The molecule has 0 radical (unpaired) electrons. The maximum absolute atomic E-state index is 5.58. The van der Waals surface area contributed by atoms with Gasteiger partial charge in [0.2, 0.25) is 5.89 Å². The Morgan fingerprint density at radius 1 is 1.43 bits per heavy atom. The molecule has 0 spiro atoms. The molecule has 0 bridgehead atoms. The lowest BCUT2D eigenvalue weighted by atomic mass is 10.2. The zero-order chi connectivity index (χ0) is 10.6. The highest BCUT2D eigenvalue weighted by molar-refractivity contribution is 6.16. The highest BCUT2D eigenvalue weighted by Crippen LogP contribution is 2.14. The van der Waals surface area contributed by atoms with Gasteiger partial charge in [0.15, 0.2) is 0 Å². The Hall–Kier alpha value is -0.770. The molecule has 1 aromatic heterocycles. The summed E-state index contributed by atoms with van der Waals surface area (Å²) < 4.78 is 5.36. The number of nitrogens with zero attached hydrogens (tertiary/aromatic N) is 3. The molecule has 0 aliphatic heterocycles. The highest BCUT2D eigenvalue weighted by Gasteiger charge is 2.13. The van der Waals surface area contributed by atoms with Crippen LogP contribution in [0.5, 0.6) is 0 Å². The zero-order valence-corrected chi connectivity index (χ0v) is 9.58. The molecule has 0 amide bonds. The average Bonchev–Trinajstić information content (AvgIpc) is 2.62. The minimum absolute atomic E-state index is 0.270. The maximum Gasteiger partial charge on any atom is 0.318 e. The van der Waals surface area contributed by atoms with Gasteiger partial charge in [-0.2, -0.15) is 0 Å². The third-order valence-corrected chi connectivity index (χ3v) is 2.04. The first-order valence-electron chi connectivity index (χ1n) is 4.80. The fraction of sp³-hybridized carbons (Fsp3) is 0.778. The van der Waals surface area contributed by atoms with E-state index in [4.69, 9.17) is 16.0 Å². The normalized spacial score (nSPS) is 10.9. The molecular weight excluding hydrogens is 202 g/mol. The van der Waals surface area contributed by atoms with E-state index in [1.165, 1.54) is 0 Å². The Morgan fingerprint density at radius 3 is 2.57 bits per heavy atom. The first-order valence-corrected chi connectivity index (χ1v) is 5.34. The molecule has 0 aliphatic carbocycles. The smallest absolute Gasteiger partial charge is 0.318 e. The number of anilines is 1. The molecule has 0 saturated heterocycles. The van der Waals surface area contributed by atoms with E-state index >= 15 is 0 Å². The van der Waals surface area contributed by atoms with Crippen molar-refractivity contribution in [1.82, 2.24) is 10.2 Å².